The lowest BCUT2D eigenvalue weighted by molar-refractivity contribution is 0.339. The Bertz CT molecular complexity index is 1660. The summed E-state index contributed by atoms with van der Waals surface area (Å²) < 4.78 is 25.2. The second kappa shape index (κ2) is 9.46. The first kappa shape index (κ1) is 23.0. The summed E-state index contributed by atoms with van der Waals surface area (Å²) in [5, 5.41) is 9.28. The molecule has 35 heavy (non-hydrogen) atoms. The van der Waals surface area contributed by atoms with Crippen LogP contribution in [0.2, 0.25) is 0 Å². The molecule has 11 heteroatoms. The van der Waals surface area contributed by atoms with Crippen molar-refractivity contribution in [2.45, 2.75) is 20.0 Å². The Morgan fingerprint density at radius 3 is 2.77 bits per heavy atom. The van der Waals surface area contributed by atoms with Gasteiger partial charge in [0.15, 0.2) is 5.65 Å². The van der Waals surface area contributed by atoms with Gasteiger partial charge in [0.25, 0.3) is 0 Å². The minimum absolute atomic E-state index is 0.152. The van der Waals surface area contributed by atoms with E-state index in [-0.39, 0.29) is 12.2 Å². The van der Waals surface area contributed by atoms with Crippen LogP contribution in [0.4, 0.5) is 4.39 Å². The minimum Gasteiger partial charge on any atom is -0.492 e. The minimum atomic E-state index is -0.408. The molecule has 0 N–H and O–H groups in total. The number of aryl methyl sites for hydroxylation is 1. The summed E-state index contributed by atoms with van der Waals surface area (Å²) >= 11 is 2.18. The first-order valence-corrected chi connectivity index (χ1v) is 12.4. The van der Waals surface area contributed by atoms with Gasteiger partial charge < -0.3 is 4.74 Å². The Hall–Kier alpha value is -3.79. The Balaban J connectivity index is 1.66. The lowest BCUT2D eigenvalue weighted by Crippen LogP contribution is -2.24. The first-order chi connectivity index (χ1) is 17.0. The zero-order valence-corrected chi connectivity index (χ0v) is 20.8. The molecule has 5 aromatic rings. The Kier molecular flexibility index (Phi) is 6.21. The van der Waals surface area contributed by atoms with Gasteiger partial charge in [-0.2, -0.15) is 10.2 Å². The monoisotopic (exact) mass is 583 g/mol. The van der Waals surface area contributed by atoms with E-state index in [4.69, 9.17) is 9.72 Å². The van der Waals surface area contributed by atoms with Crippen molar-refractivity contribution >= 4 is 44.8 Å². The van der Waals surface area contributed by atoms with Crippen LogP contribution in [0.3, 0.4) is 0 Å². The Labute approximate surface area is 212 Å². The van der Waals surface area contributed by atoms with E-state index in [1.165, 1.54) is 16.7 Å². The van der Waals surface area contributed by atoms with Crippen molar-refractivity contribution in [2.75, 3.05) is 11.0 Å². The van der Waals surface area contributed by atoms with E-state index in [2.05, 4.69) is 38.6 Å². The Morgan fingerprint density at radius 2 is 2.00 bits per heavy atom. The number of ether oxygens (including phenoxy) is 1. The quantitative estimate of drug-likeness (QED) is 0.213. The van der Waals surface area contributed by atoms with Gasteiger partial charge in [0.1, 0.15) is 23.4 Å². The summed E-state index contributed by atoms with van der Waals surface area (Å²) in [6, 6.07) is 11.6. The molecule has 0 aliphatic rings. The van der Waals surface area contributed by atoms with Gasteiger partial charge in [-0.1, -0.05) is 28.7 Å². The van der Waals surface area contributed by atoms with E-state index in [9.17, 15) is 14.4 Å². The lowest BCUT2D eigenvalue weighted by Gasteiger charge is -2.11. The molecule has 0 radical (unpaired) electrons. The van der Waals surface area contributed by atoms with Gasteiger partial charge in [0.2, 0.25) is 5.95 Å². The predicted octanol–water partition coefficient (Wildman–Crippen LogP) is 3.82. The number of alkyl halides is 1. The van der Waals surface area contributed by atoms with Crippen molar-refractivity contribution < 1.29 is 9.13 Å². The second-order valence-corrected chi connectivity index (χ2v) is 8.79. The molecule has 0 atom stereocenters. The summed E-state index contributed by atoms with van der Waals surface area (Å²) in [6.07, 6.45) is 3.19. The highest BCUT2D eigenvalue weighted by molar-refractivity contribution is 14.1. The van der Waals surface area contributed by atoms with Gasteiger partial charge in [-0.3, -0.25) is 13.7 Å². The summed E-state index contributed by atoms with van der Waals surface area (Å²) in [6.45, 7) is 2.89. The highest BCUT2D eigenvalue weighted by Gasteiger charge is 2.18. The maximum Gasteiger partial charge on any atom is 0.330 e. The van der Waals surface area contributed by atoms with Gasteiger partial charge in [-0.05, 0) is 31.2 Å². The molecule has 2 aromatic carbocycles. The highest BCUT2D eigenvalue weighted by Crippen LogP contribution is 2.24. The van der Waals surface area contributed by atoms with E-state index in [0.29, 0.717) is 58.2 Å². The van der Waals surface area contributed by atoms with Crippen LogP contribution in [0, 0.1) is 17.1 Å². The number of fused-ring (bicyclic) bond motifs is 2. The molecular weight excluding hydrogens is 564 g/mol. The summed E-state index contributed by atoms with van der Waals surface area (Å²) in [4.78, 5) is 26.9. The van der Waals surface area contributed by atoms with Crippen molar-refractivity contribution in [3.63, 3.8) is 0 Å². The van der Waals surface area contributed by atoms with E-state index in [1.54, 1.807) is 45.9 Å². The summed E-state index contributed by atoms with van der Waals surface area (Å²) in [5.41, 5.74) is 3.30. The molecule has 176 valence electrons. The smallest absolute Gasteiger partial charge is 0.330 e. The maximum absolute atomic E-state index is 13.9. The average molecular weight is 583 g/mol. The SMILES string of the molecule is CCn1c(=O)n(Cc2ccc(F)cc2OCCI)c2nc(-n3cnc4ccc(C#N)cc43)ncc21. The van der Waals surface area contributed by atoms with Gasteiger partial charge in [0.05, 0.1) is 42.0 Å². The number of nitrogens with zero attached hydrogens (tertiary/aromatic N) is 7. The first-order valence-electron chi connectivity index (χ1n) is 10.8. The van der Waals surface area contributed by atoms with Gasteiger partial charge >= 0.3 is 5.69 Å². The molecule has 0 fully saturated rings. The molecule has 3 aromatic heterocycles. The fourth-order valence-corrected chi connectivity index (χ4v) is 4.22. The molecular formula is C24H19FIN7O2. The van der Waals surface area contributed by atoms with Crippen molar-refractivity contribution in [3.8, 4) is 17.8 Å². The van der Waals surface area contributed by atoms with E-state index >= 15 is 0 Å². The summed E-state index contributed by atoms with van der Waals surface area (Å²) in [7, 11) is 0. The molecule has 0 saturated heterocycles. The maximum atomic E-state index is 13.9. The molecule has 0 saturated carbocycles. The van der Waals surface area contributed by atoms with Crippen LogP contribution >= 0.6 is 22.6 Å². The zero-order chi connectivity index (χ0) is 24.5. The standard InChI is InChI=1S/C24H19FIN7O2/c1-2-31-20-12-28-23(33-14-29-18-6-3-15(11-27)9-19(18)33)30-22(20)32(24(31)34)13-16-4-5-17(25)10-21(16)35-8-7-26/h3-6,9-10,12,14H,2,7-8,13H2,1H3. The molecule has 0 aliphatic carbocycles. The van der Waals surface area contributed by atoms with Gasteiger partial charge in [-0.25, -0.2) is 19.2 Å². The van der Waals surface area contributed by atoms with Crippen LogP contribution in [0.5, 0.6) is 5.75 Å². The van der Waals surface area contributed by atoms with Gasteiger partial charge in [0, 0.05) is 22.6 Å². The molecule has 0 aliphatic heterocycles. The zero-order valence-electron chi connectivity index (χ0n) is 18.7. The van der Waals surface area contributed by atoms with Crippen LogP contribution in [-0.4, -0.2) is 39.7 Å². The number of imidazole rings is 2. The van der Waals surface area contributed by atoms with E-state index < -0.39 is 5.82 Å². The van der Waals surface area contributed by atoms with Crippen LogP contribution in [0.15, 0.2) is 53.7 Å². The molecule has 9 nitrogen and oxygen atoms in total. The van der Waals surface area contributed by atoms with E-state index in [0.717, 1.165) is 4.43 Å². The van der Waals surface area contributed by atoms with E-state index in [1.807, 2.05) is 6.92 Å². The van der Waals surface area contributed by atoms with Crippen LogP contribution in [-0.2, 0) is 13.1 Å². The average Bonchev–Trinajstić information content (AvgIpc) is 3.41. The van der Waals surface area contributed by atoms with Gasteiger partial charge in [-0.15, -0.1) is 0 Å². The third-order valence-corrected chi connectivity index (χ3v) is 6.09. The second-order valence-electron chi connectivity index (χ2n) is 7.71. The molecule has 0 amide bonds. The number of halogens is 2. The predicted molar refractivity (Wildman–Crippen MR) is 137 cm³/mol. The number of aromatic nitrogens is 6. The number of benzene rings is 2. The fraction of sp³-hybridized carbons (Fsp3) is 0.208. The third kappa shape index (κ3) is 4.14. The lowest BCUT2D eigenvalue weighted by atomic mass is 10.2. The van der Waals surface area contributed by atoms with Crippen molar-refractivity contribution in [2.24, 2.45) is 0 Å². The third-order valence-electron chi connectivity index (χ3n) is 5.65. The van der Waals surface area contributed by atoms with Crippen molar-refractivity contribution in [1.29, 1.82) is 5.26 Å². The van der Waals surface area contributed by atoms with Crippen LogP contribution < -0.4 is 10.4 Å². The molecule has 0 unspecified atom stereocenters. The number of hydrogen-bond donors (Lipinski definition) is 0. The van der Waals surface area contributed by atoms with Crippen molar-refractivity contribution in [1.82, 2.24) is 28.7 Å². The molecule has 0 spiro atoms. The molecule has 5 rings (SSSR count). The Morgan fingerprint density at radius 1 is 1.14 bits per heavy atom. The highest BCUT2D eigenvalue weighted by atomic mass is 127. The largest absolute Gasteiger partial charge is 0.492 e. The number of nitriles is 1. The topological polar surface area (TPSA) is 104 Å². The van der Waals surface area contributed by atoms with Crippen LogP contribution in [0.25, 0.3) is 28.1 Å². The number of rotatable bonds is 7. The van der Waals surface area contributed by atoms with Crippen molar-refractivity contribution in [3.05, 3.63) is 76.4 Å². The number of hydrogen-bond acceptors (Lipinski definition) is 6. The summed E-state index contributed by atoms with van der Waals surface area (Å²) in [5.74, 6) is 0.302. The van der Waals surface area contributed by atoms with Crippen LogP contribution in [0.1, 0.15) is 18.1 Å². The normalized spacial score (nSPS) is 11.3. The fourth-order valence-electron chi connectivity index (χ4n) is 4.00. The molecule has 0 bridgehead atoms. The molecule has 3 heterocycles.